The van der Waals surface area contributed by atoms with E-state index in [2.05, 4.69) is 33.0 Å². The molecule has 0 saturated heterocycles. The standard InChI is InChI=1S/C13H23NOS/c1-10(2)9-16-8-6-14-12(4)13-11(3)5-7-15-13/h5,7,10,12,14H,6,8-9H2,1-4H3. The third-order valence-electron chi connectivity index (χ3n) is 2.44. The van der Waals surface area contributed by atoms with Crippen LogP contribution in [0.5, 0.6) is 0 Å². The van der Waals surface area contributed by atoms with Crippen LogP contribution in [0.2, 0.25) is 0 Å². The first-order valence-corrected chi connectivity index (χ1v) is 7.12. The van der Waals surface area contributed by atoms with Crippen molar-refractivity contribution in [2.45, 2.75) is 33.7 Å². The van der Waals surface area contributed by atoms with Crippen molar-refractivity contribution < 1.29 is 4.42 Å². The maximum Gasteiger partial charge on any atom is 0.123 e. The number of hydrogen-bond donors (Lipinski definition) is 1. The van der Waals surface area contributed by atoms with E-state index in [-0.39, 0.29) is 0 Å². The van der Waals surface area contributed by atoms with Crippen molar-refractivity contribution in [2.75, 3.05) is 18.1 Å². The predicted octanol–water partition coefficient (Wildman–Crippen LogP) is 3.63. The van der Waals surface area contributed by atoms with Crippen molar-refractivity contribution in [2.24, 2.45) is 5.92 Å². The van der Waals surface area contributed by atoms with Crippen molar-refractivity contribution in [3.8, 4) is 0 Å². The van der Waals surface area contributed by atoms with Crippen molar-refractivity contribution >= 4 is 11.8 Å². The van der Waals surface area contributed by atoms with E-state index in [1.807, 2.05) is 17.8 Å². The molecular formula is C13H23NOS. The van der Waals surface area contributed by atoms with Gasteiger partial charge in [-0.3, -0.25) is 0 Å². The quantitative estimate of drug-likeness (QED) is 0.738. The Labute approximate surface area is 103 Å². The van der Waals surface area contributed by atoms with Gasteiger partial charge in [0.2, 0.25) is 0 Å². The first kappa shape index (κ1) is 13.7. The highest BCUT2D eigenvalue weighted by Crippen LogP contribution is 2.17. The van der Waals surface area contributed by atoms with Gasteiger partial charge >= 0.3 is 0 Å². The Balaban J connectivity index is 2.16. The molecule has 0 aliphatic carbocycles. The number of nitrogens with one attached hydrogen (secondary N) is 1. The second-order valence-electron chi connectivity index (χ2n) is 4.61. The van der Waals surface area contributed by atoms with Crippen molar-refractivity contribution in [1.29, 1.82) is 0 Å². The highest BCUT2D eigenvalue weighted by molar-refractivity contribution is 7.99. The van der Waals surface area contributed by atoms with Crippen LogP contribution in [0.3, 0.4) is 0 Å². The molecule has 0 amide bonds. The normalized spacial score (nSPS) is 13.3. The number of thioether (sulfide) groups is 1. The van der Waals surface area contributed by atoms with Gasteiger partial charge in [-0.05, 0) is 37.1 Å². The molecule has 1 aromatic heterocycles. The van der Waals surface area contributed by atoms with E-state index in [1.54, 1.807) is 6.26 Å². The smallest absolute Gasteiger partial charge is 0.123 e. The first-order valence-electron chi connectivity index (χ1n) is 5.96. The Morgan fingerprint density at radius 2 is 2.12 bits per heavy atom. The molecule has 0 spiro atoms. The summed E-state index contributed by atoms with van der Waals surface area (Å²) in [7, 11) is 0. The second kappa shape index (κ2) is 7.02. The first-order chi connectivity index (χ1) is 7.61. The van der Waals surface area contributed by atoms with Gasteiger partial charge in [-0.25, -0.2) is 0 Å². The molecule has 16 heavy (non-hydrogen) atoms. The molecule has 1 N–H and O–H groups in total. The summed E-state index contributed by atoms with van der Waals surface area (Å²) in [5, 5.41) is 3.48. The molecule has 0 aliphatic rings. The summed E-state index contributed by atoms with van der Waals surface area (Å²) in [5.41, 5.74) is 1.23. The Kier molecular flexibility index (Phi) is 5.99. The van der Waals surface area contributed by atoms with Gasteiger partial charge in [-0.2, -0.15) is 11.8 Å². The SMILES string of the molecule is Cc1ccoc1C(C)NCCSCC(C)C. The van der Waals surface area contributed by atoms with Crippen LogP contribution in [0, 0.1) is 12.8 Å². The summed E-state index contributed by atoms with van der Waals surface area (Å²) in [5.74, 6) is 4.27. The van der Waals surface area contributed by atoms with Gasteiger partial charge in [0.25, 0.3) is 0 Å². The number of aryl methyl sites for hydroxylation is 1. The van der Waals surface area contributed by atoms with Crippen molar-refractivity contribution in [3.63, 3.8) is 0 Å². The summed E-state index contributed by atoms with van der Waals surface area (Å²) < 4.78 is 5.45. The van der Waals surface area contributed by atoms with Gasteiger partial charge in [-0.1, -0.05) is 13.8 Å². The van der Waals surface area contributed by atoms with E-state index in [1.165, 1.54) is 17.1 Å². The van der Waals surface area contributed by atoms with Crippen molar-refractivity contribution in [1.82, 2.24) is 5.32 Å². The van der Waals surface area contributed by atoms with Gasteiger partial charge in [0.05, 0.1) is 12.3 Å². The number of rotatable bonds is 7. The molecule has 2 nitrogen and oxygen atoms in total. The molecule has 0 bridgehead atoms. The molecule has 1 aromatic rings. The van der Waals surface area contributed by atoms with Crippen LogP contribution in [0.15, 0.2) is 16.7 Å². The fourth-order valence-corrected chi connectivity index (χ4v) is 2.49. The van der Waals surface area contributed by atoms with E-state index in [9.17, 15) is 0 Å². The molecule has 0 saturated carbocycles. The minimum atomic E-state index is 0.314. The molecule has 1 atom stereocenters. The highest BCUT2D eigenvalue weighted by atomic mass is 32.2. The van der Waals surface area contributed by atoms with Crippen LogP contribution in [-0.2, 0) is 0 Å². The molecular weight excluding hydrogens is 218 g/mol. The Hall–Kier alpha value is -0.410. The van der Waals surface area contributed by atoms with Gasteiger partial charge in [0, 0.05) is 12.3 Å². The van der Waals surface area contributed by atoms with E-state index >= 15 is 0 Å². The molecule has 3 heteroatoms. The van der Waals surface area contributed by atoms with Crippen LogP contribution in [0.4, 0.5) is 0 Å². The Morgan fingerprint density at radius 1 is 1.38 bits per heavy atom. The minimum Gasteiger partial charge on any atom is -0.467 e. The largest absolute Gasteiger partial charge is 0.467 e. The Morgan fingerprint density at radius 3 is 2.69 bits per heavy atom. The molecule has 1 rings (SSSR count). The van der Waals surface area contributed by atoms with Gasteiger partial charge in [-0.15, -0.1) is 0 Å². The molecule has 1 heterocycles. The summed E-state index contributed by atoms with van der Waals surface area (Å²) in [6.45, 7) is 9.80. The molecule has 0 radical (unpaired) electrons. The molecule has 1 unspecified atom stereocenters. The molecule has 92 valence electrons. The third-order valence-corrected chi connectivity index (χ3v) is 3.84. The Bertz CT molecular complexity index is 296. The average molecular weight is 241 g/mol. The lowest BCUT2D eigenvalue weighted by Gasteiger charge is -2.12. The topological polar surface area (TPSA) is 25.2 Å². The van der Waals surface area contributed by atoms with Crippen LogP contribution >= 0.6 is 11.8 Å². The lowest BCUT2D eigenvalue weighted by molar-refractivity contribution is 0.435. The molecule has 0 fully saturated rings. The molecule has 0 aromatic carbocycles. The predicted molar refractivity (Wildman–Crippen MR) is 72.0 cm³/mol. The van der Waals surface area contributed by atoms with Gasteiger partial charge in [0.15, 0.2) is 0 Å². The summed E-state index contributed by atoms with van der Waals surface area (Å²) in [4.78, 5) is 0. The lowest BCUT2D eigenvalue weighted by Crippen LogP contribution is -2.21. The zero-order chi connectivity index (χ0) is 12.0. The zero-order valence-corrected chi connectivity index (χ0v) is 11.6. The van der Waals surface area contributed by atoms with Gasteiger partial charge < -0.3 is 9.73 Å². The third kappa shape index (κ3) is 4.62. The van der Waals surface area contributed by atoms with Crippen LogP contribution < -0.4 is 5.32 Å². The monoisotopic (exact) mass is 241 g/mol. The average Bonchev–Trinajstić information content (AvgIpc) is 2.63. The fourth-order valence-electron chi connectivity index (χ4n) is 1.59. The number of furan rings is 1. The zero-order valence-electron chi connectivity index (χ0n) is 10.7. The maximum absolute atomic E-state index is 5.45. The highest BCUT2D eigenvalue weighted by Gasteiger charge is 2.10. The lowest BCUT2D eigenvalue weighted by atomic mass is 10.2. The maximum atomic E-state index is 5.45. The van der Waals surface area contributed by atoms with Crippen LogP contribution in [-0.4, -0.2) is 18.1 Å². The van der Waals surface area contributed by atoms with E-state index < -0.39 is 0 Å². The van der Waals surface area contributed by atoms with E-state index in [0.717, 1.165) is 18.2 Å². The second-order valence-corrected chi connectivity index (χ2v) is 5.76. The van der Waals surface area contributed by atoms with E-state index in [4.69, 9.17) is 4.42 Å². The van der Waals surface area contributed by atoms with Gasteiger partial charge in [0.1, 0.15) is 5.76 Å². The summed E-state index contributed by atoms with van der Waals surface area (Å²) in [6.07, 6.45) is 1.76. The summed E-state index contributed by atoms with van der Waals surface area (Å²) in [6, 6.07) is 2.33. The van der Waals surface area contributed by atoms with E-state index in [0.29, 0.717) is 6.04 Å². The van der Waals surface area contributed by atoms with Crippen molar-refractivity contribution in [3.05, 3.63) is 23.7 Å². The molecule has 0 aliphatic heterocycles. The minimum absolute atomic E-state index is 0.314. The fraction of sp³-hybridized carbons (Fsp3) is 0.692. The number of hydrogen-bond acceptors (Lipinski definition) is 3. The van der Waals surface area contributed by atoms with Crippen LogP contribution in [0.25, 0.3) is 0 Å². The van der Waals surface area contributed by atoms with Crippen LogP contribution in [0.1, 0.15) is 38.1 Å². The summed E-state index contributed by atoms with van der Waals surface area (Å²) >= 11 is 2.01.